The molecule has 0 unspecified atom stereocenters. The maximum atomic E-state index is 13.6. The third-order valence-corrected chi connectivity index (χ3v) is 8.27. The molecule has 0 saturated heterocycles. The Balaban J connectivity index is 0.00000336. The van der Waals surface area contributed by atoms with Crippen molar-refractivity contribution in [2.75, 3.05) is 26.7 Å². The molecule has 4 aromatic rings. The Morgan fingerprint density at radius 3 is 2.34 bits per heavy atom. The van der Waals surface area contributed by atoms with Gasteiger partial charge in [-0.2, -0.15) is 0 Å². The van der Waals surface area contributed by atoms with Crippen molar-refractivity contribution in [2.24, 2.45) is 0 Å². The molecule has 0 spiro atoms. The first-order valence-corrected chi connectivity index (χ1v) is 13.7. The van der Waals surface area contributed by atoms with Crippen molar-refractivity contribution >= 4 is 28.0 Å². The molecule has 2 aromatic carbocycles. The van der Waals surface area contributed by atoms with Crippen LogP contribution in [0.5, 0.6) is 0 Å². The van der Waals surface area contributed by atoms with Crippen LogP contribution in [0.3, 0.4) is 0 Å². The van der Waals surface area contributed by atoms with Crippen LogP contribution in [0, 0.1) is 5.82 Å². The summed E-state index contributed by atoms with van der Waals surface area (Å²) < 4.78 is 39.8. The van der Waals surface area contributed by atoms with Gasteiger partial charge in [0.25, 0.3) is 0 Å². The second kappa shape index (κ2) is 12.0. The molecular formula is C29H30ClFN4O2S. The number of nitrogens with zero attached hydrogens (tertiary/aromatic N) is 2. The average Bonchev–Trinajstić information content (AvgIpc) is 3.38. The summed E-state index contributed by atoms with van der Waals surface area (Å²) in [5, 5.41) is 0. The number of halogens is 2. The lowest BCUT2D eigenvalue weighted by Crippen LogP contribution is -2.30. The zero-order chi connectivity index (χ0) is 25.8. The summed E-state index contributed by atoms with van der Waals surface area (Å²) in [5.74, 6) is -0.255. The van der Waals surface area contributed by atoms with Gasteiger partial charge in [0.2, 0.25) is 10.0 Å². The topological polar surface area (TPSA) is 78.1 Å². The van der Waals surface area contributed by atoms with E-state index in [-0.39, 0.29) is 23.1 Å². The molecule has 38 heavy (non-hydrogen) atoms. The smallest absolute Gasteiger partial charge is 0.240 e. The molecule has 0 aliphatic carbocycles. The number of rotatable bonds is 8. The molecule has 198 valence electrons. The predicted molar refractivity (Wildman–Crippen MR) is 152 cm³/mol. The second-order valence-corrected chi connectivity index (χ2v) is 11.0. The maximum absolute atomic E-state index is 13.6. The van der Waals surface area contributed by atoms with Crippen LogP contribution in [0.1, 0.15) is 17.5 Å². The number of H-pyrrole nitrogens is 1. The van der Waals surface area contributed by atoms with E-state index < -0.39 is 10.0 Å². The number of aromatic nitrogens is 2. The van der Waals surface area contributed by atoms with E-state index in [2.05, 4.69) is 31.9 Å². The van der Waals surface area contributed by atoms with Crippen molar-refractivity contribution in [3.05, 3.63) is 102 Å². The standard InChI is InChI=1S/C29H29FN4O2S.ClH/c1-31-37(35,36)26-8-2-21(3-9-26)12-17-34-18-13-22(14-19-34)27-20-33-29(24-4-6-25(30)7-5-24)28(27)23-10-15-32-16-11-23;/h2-11,13,15-16,20,31,33H,12,14,17-19H2,1H3;1H. The first-order valence-electron chi connectivity index (χ1n) is 12.3. The zero-order valence-corrected chi connectivity index (χ0v) is 22.7. The lowest BCUT2D eigenvalue weighted by Gasteiger charge is -2.26. The van der Waals surface area contributed by atoms with E-state index in [4.69, 9.17) is 0 Å². The molecule has 0 bridgehead atoms. The van der Waals surface area contributed by atoms with Crippen LogP contribution in [0.15, 0.2) is 90.2 Å². The Morgan fingerprint density at radius 2 is 1.71 bits per heavy atom. The number of aromatic amines is 1. The molecule has 3 heterocycles. The van der Waals surface area contributed by atoms with E-state index in [0.717, 1.165) is 66.0 Å². The summed E-state index contributed by atoms with van der Waals surface area (Å²) in [6.07, 6.45) is 9.68. The van der Waals surface area contributed by atoms with Gasteiger partial charge in [-0.1, -0.05) is 18.2 Å². The van der Waals surface area contributed by atoms with Gasteiger partial charge in [-0.25, -0.2) is 17.5 Å². The van der Waals surface area contributed by atoms with E-state index in [1.807, 2.05) is 24.3 Å². The molecule has 0 amide bonds. The van der Waals surface area contributed by atoms with E-state index in [0.29, 0.717) is 0 Å². The van der Waals surface area contributed by atoms with E-state index in [9.17, 15) is 12.8 Å². The Labute approximate surface area is 229 Å². The maximum Gasteiger partial charge on any atom is 0.240 e. The van der Waals surface area contributed by atoms with Crippen molar-refractivity contribution in [1.82, 2.24) is 19.6 Å². The van der Waals surface area contributed by atoms with E-state index in [1.165, 1.54) is 24.8 Å². The summed E-state index contributed by atoms with van der Waals surface area (Å²) in [4.78, 5) is 10.3. The van der Waals surface area contributed by atoms with Crippen LogP contribution in [-0.4, -0.2) is 50.0 Å². The van der Waals surface area contributed by atoms with Gasteiger partial charge in [-0.3, -0.25) is 9.88 Å². The Bertz CT molecular complexity index is 1500. The molecule has 1 aliphatic heterocycles. The first-order chi connectivity index (χ1) is 17.9. The molecule has 6 nitrogen and oxygen atoms in total. The predicted octanol–water partition coefficient (Wildman–Crippen LogP) is 5.54. The summed E-state index contributed by atoms with van der Waals surface area (Å²) in [6.45, 7) is 2.67. The molecule has 2 N–H and O–H groups in total. The number of benzene rings is 2. The molecule has 0 saturated carbocycles. The zero-order valence-electron chi connectivity index (χ0n) is 21.0. The van der Waals surface area contributed by atoms with Crippen molar-refractivity contribution in [3.8, 4) is 22.4 Å². The normalized spacial score (nSPS) is 14.1. The summed E-state index contributed by atoms with van der Waals surface area (Å²) >= 11 is 0. The highest BCUT2D eigenvalue weighted by Gasteiger charge is 2.21. The molecule has 1 aliphatic rings. The van der Waals surface area contributed by atoms with Gasteiger partial charge in [0, 0.05) is 49.4 Å². The minimum Gasteiger partial charge on any atom is -0.360 e. The highest BCUT2D eigenvalue weighted by atomic mass is 35.5. The van der Waals surface area contributed by atoms with Crippen LogP contribution in [-0.2, 0) is 16.4 Å². The lowest BCUT2D eigenvalue weighted by molar-refractivity contribution is 0.306. The number of hydrogen-bond acceptors (Lipinski definition) is 4. The van der Waals surface area contributed by atoms with Gasteiger partial charge in [0.1, 0.15) is 5.82 Å². The van der Waals surface area contributed by atoms with Crippen molar-refractivity contribution in [2.45, 2.75) is 17.7 Å². The van der Waals surface area contributed by atoms with Crippen LogP contribution < -0.4 is 4.72 Å². The van der Waals surface area contributed by atoms with Gasteiger partial charge in [-0.15, -0.1) is 12.4 Å². The fourth-order valence-corrected chi connectivity index (χ4v) is 5.47. The second-order valence-electron chi connectivity index (χ2n) is 9.08. The third kappa shape index (κ3) is 6.05. The summed E-state index contributed by atoms with van der Waals surface area (Å²) in [6, 6.07) is 17.6. The van der Waals surface area contributed by atoms with Crippen molar-refractivity contribution in [1.29, 1.82) is 0 Å². The number of nitrogens with one attached hydrogen (secondary N) is 2. The minimum absolute atomic E-state index is 0. The Hall–Kier alpha value is -3.30. The SMILES string of the molecule is CNS(=O)(=O)c1ccc(CCN2CC=C(c3c[nH]c(-c4ccc(F)cc4)c3-c3ccncc3)CC2)cc1.Cl. The number of pyridine rings is 1. The van der Waals surface area contributed by atoms with Crippen LogP contribution in [0.2, 0.25) is 0 Å². The van der Waals surface area contributed by atoms with Crippen LogP contribution >= 0.6 is 12.4 Å². The molecule has 0 fully saturated rings. The monoisotopic (exact) mass is 552 g/mol. The summed E-state index contributed by atoms with van der Waals surface area (Å²) in [7, 11) is -2.00. The fraction of sp³-hybridized carbons (Fsp3) is 0.207. The van der Waals surface area contributed by atoms with Crippen molar-refractivity contribution < 1.29 is 12.8 Å². The van der Waals surface area contributed by atoms with Gasteiger partial charge >= 0.3 is 0 Å². The molecule has 2 aromatic heterocycles. The first kappa shape index (κ1) is 27.7. The average molecular weight is 553 g/mol. The molecule has 0 radical (unpaired) electrons. The summed E-state index contributed by atoms with van der Waals surface area (Å²) in [5.41, 5.74) is 7.63. The lowest BCUT2D eigenvalue weighted by atomic mass is 9.92. The van der Waals surface area contributed by atoms with Gasteiger partial charge in [0.05, 0.1) is 10.6 Å². The Kier molecular flexibility index (Phi) is 8.79. The quantitative estimate of drug-likeness (QED) is 0.301. The van der Waals surface area contributed by atoms with Gasteiger partial charge in [-0.05, 0) is 90.7 Å². The van der Waals surface area contributed by atoms with E-state index >= 15 is 0 Å². The molecular weight excluding hydrogens is 523 g/mol. The third-order valence-electron chi connectivity index (χ3n) is 6.84. The van der Waals surface area contributed by atoms with Gasteiger partial charge in [0.15, 0.2) is 0 Å². The van der Waals surface area contributed by atoms with Gasteiger partial charge < -0.3 is 4.98 Å². The van der Waals surface area contributed by atoms with Crippen LogP contribution in [0.25, 0.3) is 28.0 Å². The Morgan fingerprint density at radius 1 is 1.00 bits per heavy atom. The van der Waals surface area contributed by atoms with E-state index in [1.54, 1.807) is 36.7 Å². The highest BCUT2D eigenvalue weighted by Crippen LogP contribution is 2.39. The fourth-order valence-electron chi connectivity index (χ4n) is 4.74. The molecule has 5 rings (SSSR count). The number of hydrogen-bond donors (Lipinski definition) is 2. The van der Waals surface area contributed by atoms with Crippen LogP contribution in [0.4, 0.5) is 4.39 Å². The highest BCUT2D eigenvalue weighted by molar-refractivity contribution is 7.89. The molecule has 9 heteroatoms. The number of sulfonamides is 1. The largest absolute Gasteiger partial charge is 0.360 e. The van der Waals surface area contributed by atoms with Crippen molar-refractivity contribution in [3.63, 3.8) is 0 Å². The minimum atomic E-state index is -3.42. The molecule has 0 atom stereocenters.